The smallest absolute Gasteiger partial charge is 0.303 e. The van der Waals surface area contributed by atoms with Crippen LogP contribution in [0.15, 0.2) is 18.2 Å². The van der Waals surface area contributed by atoms with Crippen LogP contribution in [0.25, 0.3) is 0 Å². The monoisotopic (exact) mass is 324 g/mol. The van der Waals surface area contributed by atoms with Gasteiger partial charge in [0.15, 0.2) is 11.5 Å². The number of carbonyl (C=O) groups is 1. The molecule has 0 aliphatic rings. The highest BCUT2D eigenvalue weighted by atomic mass is 16.5. The lowest BCUT2D eigenvalue weighted by molar-refractivity contribution is -0.138. The van der Waals surface area contributed by atoms with Crippen LogP contribution in [-0.2, 0) is 10.4 Å². The molecule has 130 valence electrons. The van der Waals surface area contributed by atoms with Gasteiger partial charge >= 0.3 is 5.97 Å². The third kappa shape index (κ3) is 6.10. The average Bonchev–Trinajstić information content (AvgIpc) is 2.52. The summed E-state index contributed by atoms with van der Waals surface area (Å²) >= 11 is 0. The first-order valence-electron chi connectivity index (χ1n) is 8.24. The van der Waals surface area contributed by atoms with Crippen LogP contribution in [0.1, 0.15) is 63.9 Å². The van der Waals surface area contributed by atoms with E-state index in [1.165, 1.54) is 13.2 Å². The molecule has 1 rings (SSSR count). The van der Waals surface area contributed by atoms with Crippen LogP contribution in [-0.4, -0.2) is 28.4 Å². The maximum Gasteiger partial charge on any atom is 0.303 e. The van der Waals surface area contributed by atoms with Crippen molar-refractivity contribution in [1.82, 2.24) is 0 Å². The quantitative estimate of drug-likeness (QED) is 0.539. The standard InChI is InChI=1S/C18H28O5/c1-3-4-5-6-7-11-18(22,12-10-17(20)21)14-8-9-16(23-2)15(19)13-14/h8-9,13,19,22H,3-7,10-12H2,1-2H3,(H,20,21). The Morgan fingerprint density at radius 1 is 1.17 bits per heavy atom. The molecule has 0 amide bonds. The molecule has 0 spiro atoms. The predicted molar refractivity (Wildman–Crippen MR) is 88.8 cm³/mol. The number of rotatable bonds is 11. The van der Waals surface area contributed by atoms with E-state index in [1.54, 1.807) is 12.1 Å². The van der Waals surface area contributed by atoms with E-state index >= 15 is 0 Å². The first kappa shape index (κ1) is 19.3. The van der Waals surface area contributed by atoms with Gasteiger partial charge in [0.1, 0.15) is 0 Å². The van der Waals surface area contributed by atoms with Gasteiger partial charge in [-0.1, -0.05) is 45.1 Å². The van der Waals surface area contributed by atoms with Gasteiger partial charge in [-0.25, -0.2) is 0 Å². The summed E-state index contributed by atoms with van der Waals surface area (Å²) in [5.41, 5.74) is -0.707. The number of unbranched alkanes of at least 4 members (excludes halogenated alkanes) is 4. The number of carboxylic acids is 1. The van der Waals surface area contributed by atoms with E-state index in [9.17, 15) is 15.0 Å². The summed E-state index contributed by atoms with van der Waals surface area (Å²) in [5, 5.41) is 29.8. The fourth-order valence-corrected chi connectivity index (χ4v) is 2.73. The fourth-order valence-electron chi connectivity index (χ4n) is 2.73. The predicted octanol–water partition coefficient (Wildman–Crippen LogP) is 3.81. The highest BCUT2D eigenvalue weighted by Crippen LogP contribution is 2.37. The van der Waals surface area contributed by atoms with Crippen LogP contribution >= 0.6 is 0 Å². The highest BCUT2D eigenvalue weighted by Gasteiger charge is 2.30. The molecule has 0 aliphatic carbocycles. The molecule has 0 saturated carbocycles. The number of phenolic OH excluding ortho intramolecular Hbond substituents is 1. The summed E-state index contributed by atoms with van der Waals surface area (Å²) in [6.45, 7) is 2.14. The van der Waals surface area contributed by atoms with Crippen molar-refractivity contribution < 1.29 is 24.9 Å². The van der Waals surface area contributed by atoms with E-state index in [-0.39, 0.29) is 18.6 Å². The van der Waals surface area contributed by atoms with Crippen molar-refractivity contribution in [3.05, 3.63) is 23.8 Å². The number of carboxylic acid groups (broad SMARTS) is 1. The van der Waals surface area contributed by atoms with E-state index < -0.39 is 11.6 Å². The van der Waals surface area contributed by atoms with E-state index in [2.05, 4.69) is 6.92 Å². The Balaban J connectivity index is 2.84. The van der Waals surface area contributed by atoms with E-state index in [0.717, 1.165) is 32.1 Å². The zero-order valence-corrected chi connectivity index (χ0v) is 14.0. The molecule has 1 unspecified atom stereocenters. The van der Waals surface area contributed by atoms with Crippen molar-refractivity contribution in [1.29, 1.82) is 0 Å². The lowest BCUT2D eigenvalue weighted by Crippen LogP contribution is -2.26. The highest BCUT2D eigenvalue weighted by molar-refractivity contribution is 5.66. The van der Waals surface area contributed by atoms with Gasteiger partial charge in [0, 0.05) is 6.42 Å². The Hall–Kier alpha value is -1.75. The third-order valence-electron chi connectivity index (χ3n) is 4.16. The normalized spacial score (nSPS) is 13.5. The summed E-state index contributed by atoms with van der Waals surface area (Å²) in [7, 11) is 1.46. The molecular formula is C18H28O5. The summed E-state index contributed by atoms with van der Waals surface area (Å²) in [4.78, 5) is 10.9. The minimum Gasteiger partial charge on any atom is -0.504 e. The van der Waals surface area contributed by atoms with E-state index in [1.807, 2.05) is 0 Å². The van der Waals surface area contributed by atoms with Crippen LogP contribution in [0.2, 0.25) is 0 Å². The van der Waals surface area contributed by atoms with E-state index in [4.69, 9.17) is 9.84 Å². The second-order valence-electron chi connectivity index (χ2n) is 5.98. The van der Waals surface area contributed by atoms with Crippen LogP contribution in [0.3, 0.4) is 0 Å². The Morgan fingerprint density at radius 3 is 2.43 bits per heavy atom. The average molecular weight is 324 g/mol. The maximum absolute atomic E-state index is 11.0. The van der Waals surface area contributed by atoms with Crippen molar-refractivity contribution >= 4 is 5.97 Å². The number of hydrogen-bond donors (Lipinski definition) is 3. The largest absolute Gasteiger partial charge is 0.504 e. The Morgan fingerprint density at radius 2 is 1.87 bits per heavy atom. The van der Waals surface area contributed by atoms with Crippen LogP contribution in [0, 0.1) is 0 Å². The molecule has 0 fully saturated rings. The molecule has 1 atom stereocenters. The lowest BCUT2D eigenvalue weighted by Gasteiger charge is -2.29. The number of aliphatic carboxylic acids is 1. The molecule has 5 nitrogen and oxygen atoms in total. The zero-order valence-electron chi connectivity index (χ0n) is 14.0. The molecular weight excluding hydrogens is 296 g/mol. The summed E-state index contributed by atoms with van der Waals surface area (Å²) in [6, 6.07) is 4.74. The maximum atomic E-state index is 11.0. The van der Waals surface area contributed by atoms with Gasteiger partial charge in [-0.15, -0.1) is 0 Å². The second-order valence-corrected chi connectivity index (χ2v) is 5.98. The molecule has 5 heteroatoms. The third-order valence-corrected chi connectivity index (χ3v) is 4.16. The molecule has 1 aromatic carbocycles. The van der Waals surface area contributed by atoms with Gasteiger partial charge in [0.25, 0.3) is 0 Å². The van der Waals surface area contributed by atoms with Crippen molar-refractivity contribution in [2.24, 2.45) is 0 Å². The molecule has 0 aromatic heterocycles. The van der Waals surface area contributed by atoms with Gasteiger partial charge in [-0.3, -0.25) is 4.79 Å². The number of hydrogen-bond acceptors (Lipinski definition) is 4. The van der Waals surface area contributed by atoms with Crippen molar-refractivity contribution in [3.63, 3.8) is 0 Å². The first-order chi connectivity index (χ1) is 10.9. The molecule has 0 radical (unpaired) electrons. The van der Waals surface area contributed by atoms with Gasteiger partial charge in [-0.2, -0.15) is 0 Å². The molecule has 3 N–H and O–H groups in total. The van der Waals surface area contributed by atoms with Crippen LogP contribution in [0.4, 0.5) is 0 Å². The summed E-state index contributed by atoms with van der Waals surface area (Å²) in [6.07, 6.45) is 5.75. The van der Waals surface area contributed by atoms with Crippen molar-refractivity contribution in [3.8, 4) is 11.5 Å². The minimum atomic E-state index is -1.24. The van der Waals surface area contributed by atoms with Crippen molar-refractivity contribution in [2.75, 3.05) is 7.11 Å². The van der Waals surface area contributed by atoms with Gasteiger partial charge in [0.2, 0.25) is 0 Å². The fraction of sp³-hybridized carbons (Fsp3) is 0.611. The molecule has 0 heterocycles. The van der Waals surface area contributed by atoms with Gasteiger partial charge in [0.05, 0.1) is 12.7 Å². The zero-order chi connectivity index (χ0) is 17.3. The number of aromatic hydroxyl groups is 1. The topological polar surface area (TPSA) is 87.0 Å². The molecule has 1 aromatic rings. The summed E-state index contributed by atoms with van der Waals surface area (Å²) < 4.78 is 5.01. The number of ether oxygens (including phenoxy) is 1. The van der Waals surface area contributed by atoms with Crippen LogP contribution < -0.4 is 4.74 Å². The summed E-state index contributed by atoms with van der Waals surface area (Å²) in [5.74, 6) is -0.658. The number of methoxy groups -OCH3 is 1. The molecule has 0 saturated heterocycles. The minimum absolute atomic E-state index is 0.0512. The molecule has 0 aliphatic heterocycles. The van der Waals surface area contributed by atoms with Crippen LogP contribution in [0.5, 0.6) is 11.5 Å². The van der Waals surface area contributed by atoms with Gasteiger partial charge < -0.3 is 20.1 Å². The number of phenols is 1. The SMILES string of the molecule is CCCCCCCC(O)(CCC(=O)O)c1ccc(OC)c(O)c1. The van der Waals surface area contributed by atoms with Gasteiger partial charge in [-0.05, 0) is 30.5 Å². The second kappa shape index (κ2) is 9.40. The Bertz CT molecular complexity index is 500. The first-order valence-corrected chi connectivity index (χ1v) is 8.24. The Kier molecular flexibility index (Phi) is 7.89. The lowest BCUT2D eigenvalue weighted by atomic mass is 9.84. The van der Waals surface area contributed by atoms with Crippen molar-refractivity contribution in [2.45, 2.75) is 63.9 Å². The molecule has 23 heavy (non-hydrogen) atoms. The molecule has 0 bridgehead atoms. The van der Waals surface area contributed by atoms with E-state index in [0.29, 0.717) is 17.7 Å². The Labute approximate surface area is 137 Å². The number of aliphatic hydroxyl groups is 1. The number of benzene rings is 1.